The molecule has 1 aromatic rings. The van der Waals surface area contributed by atoms with Crippen molar-refractivity contribution in [3.8, 4) is 11.5 Å². The maximum Gasteiger partial charge on any atom is 0.123 e. The first-order chi connectivity index (χ1) is 9.54. The van der Waals surface area contributed by atoms with Crippen molar-refractivity contribution in [2.24, 2.45) is 0 Å². The fourth-order valence-corrected chi connectivity index (χ4v) is 2.68. The van der Waals surface area contributed by atoms with Crippen molar-refractivity contribution in [3.63, 3.8) is 0 Å². The van der Waals surface area contributed by atoms with Gasteiger partial charge in [0.25, 0.3) is 0 Å². The lowest BCUT2D eigenvalue weighted by Crippen LogP contribution is -2.43. The zero-order chi connectivity index (χ0) is 14.6. The molecule has 1 aliphatic rings. The maximum atomic E-state index is 5.74. The van der Waals surface area contributed by atoms with E-state index in [-0.39, 0.29) is 5.60 Å². The predicted molar refractivity (Wildman–Crippen MR) is 79.4 cm³/mol. The van der Waals surface area contributed by atoms with Crippen molar-refractivity contribution in [3.05, 3.63) is 23.8 Å². The summed E-state index contributed by atoms with van der Waals surface area (Å²) in [6.07, 6.45) is 2.08. The molecule has 1 fully saturated rings. The van der Waals surface area contributed by atoms with Crippen molar-refractivity contribution in [2.75, 3.05) is 20.8 Å². The second kappa shape index (κ2) is 6.46. The van der Waals surface area contributed by atoms with Crippen LogP contribution in [-0.2, 0) is 11.3 Å². The van der Waals surface area contributed by atoms with Crippen LogP contribution in [-0.4, -0.2) is 32.5 Å². The fraction of sp³-hybridized carbons (Fsp3) is 0.625. The Morgan fingerprint density at radius 1 is 1.30 bits per heavy atom. The molecule has 0 saturated carbocycles. The smallest absolute Gasteiger partial charge is 0.123 e. The average molecular weight is 279 g/mol. The highest BCUT2D eigenvalue weighted by Crippen LogP contribution is 2.26. The van der Waals surface area contributed by atoms with Crippen molar-refractivity contribution in [1.29, 1.82) is 0 Å². The summed E-state index contributed by atoms with van der Waals surface area (Å²) in [5, 5.41) is 3.60. The van der Waals surface area contributed by atoms with Crippen LogP contribution >= 0.6 is 0 Å². The Balaban J connectivity index is 1.99. The third-order valence-corrected chi connectivity index (χ3v) is 3.77. The van der Waals surface area contributed by atoms with Gasteiger partial charge < -0.3 is 19.5 Å². The number of nitrogens with one attached hydrogen (secondary N) is 1. The van der Waals surface area contributed by atoms with Gasteiger partial charge in [0.05, 0.1) is 19.8 Å². The Hall–Kier alpha value is -1.26. The summed E-state index contributed by atoms with van der Waals surface area (Å²) in [7, 11) is 3.38. The molecule has 1 aliphatic heterocycles. The molecule has 1 N–H and O–H groups in total. The van der Waals surface area contributed by atoms with Crippen LogP contribution in [0.4, 0.5) is 0 Å². The Morgan fingerprint density at radius 3 is 2.75 bits per heavy atom. The van der Waals surface area contributed by atoms with Crippen LogP contribution in [0.3, 0.4) is 0 Å². The number of methoxy groups -OCH3 is 2. The summed E-state index contributed by atoms with van der Waals surface area (Å²) in [4.78, 5) is 0. The summed E-state index contributed by atoms with van der Waals surface area (Å²) >= 11 is 0. The van der Waals surface area contributed by atoms with Crippen LogP contribution in [0, 0.1) is 0 Å². The van der Waals surface area contributed by atoms with Crippen molar-refractivity contribution in [2.45, 2.75) is 44.9 Å². The van der Waals surface area contributed by atoms with E-state index in [9.17, 15) is 0 Å². The minimum atomic E-state index is -0.0334. The predicted octanol–water partition coefficient (Wildman–Crippen LogP) is 2.75. The number of ether oxygens (including phenoxy) is 3. The van der Waals surface area contributed by atoms with Crippen LogP contribution in [0.15, 0.2) is 18.2 Å². The molecule has 4 heteroatoms. The van der Waals surface area contributed by atoms with Gasteiger partial charge in [-0.2, -0.15) is 0 Å². The first kappa shape index (κ1) is 15.1. The Bertz CT molecular complexity index is 445. The topological polar surface area (TPSA) is 39.7 Å². The maximum absolute atomic E-state index is 5.74. The minimum absolute atomic E-state index is 0.0334. The van der Waals surface area contributed by atoms with Crippen molar-refractivity contribution >= 4 is 0 Å². The molecule has 0 amide bonds. The molecule has 0 aliphatic carbocycles. The van der Waals surface area contributed by atoms with Crippen LogP contribution in [0.25, 0.3) is 0 Å². The van der Waals surface area contributed by atoms with Crippen molar-refractivity contribution in [1.82, 2.24) is 5.32 Å². The molecule has 1 saturated heterocycles. The Labute approximate surface area is 121 Å². The van der Waals surface area contributed by atoms with Gasteiger partial charge in [-0.05, 0) is 44.9 Å². The molecule has 0 radical (unpaired) electrons. The molecule has 1 heterocycles. The molecule has 112 valence electrons. The SMILES string of the molecule is COc1ccc(OC)c(CNC2CCOC(C)(C)C2)c1. The molecule has 4 nitrogen and oxygen atoms in total. The monoisotopic (exact) mass is 279 g/mol. The van der Waals surface area contributed by atoms with Gasteiger partial charge in [-0.3, -0.25) is 0 Å². The first-order valence-corrected chi connectivity index (χ1v) is 7.12. The number of benzene rings is 1. The van der Waals surface area contributed by atoms with Crippen LogP contribution in [0.1, 0.15) is 32.3 Å². The third kappa shape index (κ3) is 3.87. The molecule has 1 unspecified atom stereocenters. The quantitative estimate of drug-likeness (QED) is 0.899. The van der Waals surface area contributed by atoms with Crippen LogP contribution < -0.4 is 14.8 Å². The molecule has 0 bridgehead atoms. The van der Waals surface area contributed by atoms with E-state index < -0.39 is 0 Å². The lowest BCUT2D eigenvalue weighted by Gasteiger charge is -2.36. The second-order valence-electron chi connectivity index (χ2n) is 5.86. The highest BCUT2D eigenvalue weighted by Gasteiger charge is 2.28. The molecule has 0 spiro atoms. The normalized spacial score (nSPS) is 21.5. The van der Waals surface area contributed by atoms with E-state index in [1.54, 1.807) is 14.2 Å². The van der Waals surface area contributed by atoms with E-state index in [0.29, 0.717) is 6.04 Å². The molecular formula is C16H25NO3. The van der Waals surface area contributed by atoms with Crippen molar-refractivity contribution < 1.29 is 14.2 Å². The second-order valence-corrected chi connectivity index (χ2v) is 5.86. The summed E-state index contributed by atoms with van der Waals surface area (Å²) < 4.78 is 16.4. The summed E-state index contributed by atoms with van der Waals surface area (Å²) in [5.74, 6) is 1.75. The highest BCUT2D eigenvalue weighted by molar-refractivity contribution is 5.40. The lowest BCUT2D eigenvalue weighted by molar-refractivity contribution is -0.0630. The Kier molecular flexibility index (Phi) is 4.89. The van der Waals surface area contributed by atoms with Crippen LogP contribution in [0.2, 0.25) is 0 Å². The molecule has 1 atom stereocenters. The number of hydrogen-bond acceptors (Lipinski definition) is 4. The van der Waals surface area contributed by atoms with E-state index in [4.69, 9.17) is 14.2 Å². The lowest BCUT2D eigenvalue weighted by atomic mass is 9.94. The van der Waals surface area contributed by atoms with Gasteiger partial charge in [0.15, 0.2) is 0 Å². The molecule has 0 aromatic heterocycles. The van der Waals surface area contributed by atoms with E-state index in [1.165, 1.54) is 0 Å². The molecule has 20 heavy (non-hydrogen) atoms. The van der Waals surface area contributed by atoms with E-state index in [1.807, 2.05) is 18.2 Å². The van der Waals surface area contributed by atoms with Gasteiger partial charge in [-0.1, -0.05) is 0 Å². The highest BCUT2D eigenvalue weighted by atomic mass is 16.5. The minimum Gasteiger partial charge on any atom is -0.497 e. The van der Waals surface area contributed by atoms with E-state index in [2.05, 4.69) is 19.2 Å². The molecule has 2 rings (SSSR count). The zero-order valence-electron chi connectivity index (χ0n) is 12.9. The number of hydrogen-bond donors (Lipinski definition) is 1. The van der Waals surface area contributed by atoms with Gasteiger partial charge in [0, 0.05) is 24.8 Å². The molecular weight excluding hydrogens is 254 g/mol. The number of rotatable bonds is 5. The molecule has 1 aromatic carbocycles. The largest absolute Gasteiger partial charge is 0.497 e. The zero-order valence-corrected chi connectivity index (χ0v) is 12.9. The fourth-order valence-electron chi connectivity index (χ4n) is 2.68. The van der Waals surface area contributed by atoms with E-state index >= 15 is 0 Å². The van der Waals surface area contributed by atoms with Gasteiger partial charge in [0.2, 0.25) is 0 Å². The van der Waals surface area contributed by atoms with E-state index in [0.717, 1.165) is 43.1 Å². The Morgan fingerprint density at radius 2 is 2.10 bits per heavy atom. The summed E-state index contributed by atoms with van der Waals surface area (Å²) in [6.45, 7) is 5.89. The van der Waals surface area contributed by atoms with Gasteiger partial charge in [-0.15, -0.1) is 0 Å². The summed E-state index contributed by atoms with van der Waals surface area (Å²) in [5.41, 5.74) is 1.09. The van der Waals surface area contributed by atoms with Gasteiger partial charge in [-0.25, -0.2) is 0 Å². The van der Waals surface area contributed by atoms with Gasteiger partial charge in [0.1, 0.15) is 11.5 Å². The van der Waals surface area contributed by atoms with Crippen LogP contribution in [0.5, 0.6) is 11.5 Å². The summed E-state index contributed by atoms with van der Waals surface area (Å²) in [6, 6.07) is 6.37. The average Bonchev–Trinajstić information content (AvgIpc) is 2.43. The third-order valence-electron chi connectivity index (χ3n) is 3.77. The first-order valence-electron chi connectivity index (χ1n) is 7.12. The standard InChI is InChI=1S/C16H25NO3/c1-16(2)10-13(7-8-20-16)17-11-12-9-14(18-3)5-6-15(12)19-4/h5-6,9,13,17H,7-8,10-11H2,1-4H3. The van der Waals surface area contributed by atoms with Gasteiger partial charge >= 0.3 is 0 Å².